The van der Waals surface area contributed by atoms with Gasteiger partial charge < -0.3 is 11.5 Å². The van der Waals surface area contributed by atoms with Gasteiger partial charge in [0.25, 0.3) is 0 Å². The first kappa shape index (κ1) is 16.6. The SMILES string of the molecule is CC1C[C]C(=O)C(Cc2ccc([NH])cc2)(Cc2ccc([NH])cc2)C1. The third-order valence-electron chi connectivity index (χ3n) is 4.82. The van der Waals surface area contributed by atoms with Gasteiger partial charge >= 0.3 is 0 Å². The number of ketones is 1. The van der Waals surface area contributed by atoms with Crippen molar-refractivity contribution >= 4 is 17.2 Å². The number of Topliss-reactive ketones (excluding diaryl/α,β-unsaturated/α-hetero) is 1. The Labute approximate surface area is 144 Å². The lowest BCUT2D eigenvalue weighted by Gasteiger charge is -2.39. The zero-order chi connectivity index (χ0) is 17.2. The van der Waals surface area contributed by atoms with E-state index in [4.69, 9.17) is 11.5 Å². The van der Waals surface area contributed by atoms with Crippen LogP contribution in [0.25, 0.3) is 0 Å². The van der Waals surface area contributed by atoms with Crippen molar-refractivity contribution < 1.29 is 4.79 Å². The van der Waals surface area contributed by atoms with Crippen LogP contribution in [-0.2, 0) is 17.6 Å². The molecular weight excluding hydrogens is 296 g/mol. The summed E-state index contributed by atoms with van der Waals surface area (Å²) in [7, 11) is 0. The predicted octanol–water partition coefficient (Wildman–Crippen LogP) is 4.37. The Hall–Kier alpha value is -2.29. The number of benzene rings is 2. The molecular formula is C21H22N2O. The summed E-state index contributed by atoms with van der Waals surface area (Å²) in [5.41, 5.74) is 18.0. The van der Waals surface area contributed by atoms with E-state index < -0.39 is 5.41 Å². The van der Waals surface area contributed by atoms with Crippen LogP contribution in [0.15, 0.2) is 48.5 Å². The fourth-order valence-electron chi connectivity index (χ4n) is 3.68. The molecule has 0 spiro atoms. The van der Waals surface area contributed by atoms with Crippen molar-refractivity contribution in [1.29, 1.82) is 0 Å². The van der Waals surface area contributed by atoms with Gasteiger partial charge in [0, 0.05) is 5.41 Å². The Morgan fingerprint density at radius 3 is 1.88 bits per heavy atom. The Bertz CT molecular complexity index is 656. The molecule has 3 heteroatoms. The van der Waals surface area contributed by atoms with E-state index in [0.717, 1.165) is 24.0 Å². The first-order valence-corrected chi connectivity index (χ1v) is 8.36. The Morgan fingerprint density at radius 2 is 1.42 bits per heavy atom. The van der Waals surface area contributed by atoms with Gasteiger partial charge in [0.15, 0.2) is 0 Å². The quantitative estimate of drug-likeness (QED) is 0.825. The maximum atomic E-state index is 12.8. The minimum absolute atomic E-state index is 0.116. The predicted molar refractivity (Wildman–Crippen MR) is 94.9 cm³/mol. The minimum Gasteiger partial charge on any atom is -0.301 e. The first-order valence-electron chi connectivity index (χ1n) is 8.36. The second-order valence-electron chi connectivity index (χ2n) is 7.05. The van der Waals surface area contributed by atoms with E-state index in [9.17, 15) is 4.79 Å². The smallest absolute Gasteiger partial charge is 0.147 e. The van der Waals surface area contributed by atoms with Crippen molar-refractivity contribution in [2.24, 2.45) is 11.3 Å². The average Bonchev–Trinajstić information content (AvgIpc) is 2.56. The van der Waals surface area contributed by atoms with Crippen molar-refractivity contribution in [2.45, 2.75) is 32.6 Å². The molecule has 2 aromatic rings. The lowest BCUT2D eigenvalue weighted by Crippen LogP contribution is -2.41. The molecule has 0 amide bonds. The van der Waals surface area contributed by atoms with Gasteiger partial charge in [0.05, 0.1) is 17.8 Å². The highest BCUT2D eigenvalue weighted by Crippen LogP contribution is 2.42. The van der Waals surface area contributed by atoms with E-state index in [1.807, 2.05) is 24.3 Å². The fourth-order valence-corrected chi connectivity index (χ4v) is 3.68. The Kier molecular flexibility index (Phi) is 4.61. The maximum absolute atomic E-state index is 12.8. The molecule has 3 nitrogen and oxygen atoms in total. The van der Waals surface area contributed by atoms with Crippen LogP contribution in [0.2, 0.25) is 0 Å². The summed E-state index contributed by atoms with van der Waals surface area (Å²) >= 11 is 0. The molecule has 0 heterocycles. The summed E-state index contributed by atoms with van der Waals surface area (Å²) < 4.78 is 0. The molecule has 1 aliphatic rings. The van der Waals surface area contributed by atoms with Crippen LogP contribution in [0.3, 0.4) is 0 Å². The zero-order valence-corrected chi connectivity index (χ0v) is 13.9. The topological polar surface area (TPSA) is 64.7 Å². The maximum Gasteiger partial charge on any atom is 0.147 e. The standard InChI is InChI=1S/C21H22N2O/c1-15-2-11-20(24)21(12-15,13-16-3-7-18(22)8-4-16)14-17-5-9-19(23)10-6-17/h3-10,15,22-23H,2,12-14H2,1H3. The number of rotatable bonds is 4. The average molecular weight is 318 g/mol. The summed E-state index contributed by atoms with van der Waals surface area (Å²) in [5, 5.41) is 0. The zero-order valence-electron chi connectivity index (χ0n) is 13.9. The second-order valence-corrected chi connectivity index (χ2v) is 7.05. The molecule has 1 aliphatic carbocycles. The van der Waals surface area contributed by atoms with Gasteiger partial charge in [-0.25, -0.2) is 0 Å². The number of carbonyl (C=O) groups excluding carboxylic acids is 1. The van der Waals surface area contributed by atoms with E-state index in [0.29, 0.717) is 30.1 Å². The van der Waals surface area contributed by atoms with Crippen molar-refractivity contribution in [1.82, 2.24) is 11.5 Å². The highest BCUT2D eigenvalue weighted by molar-refractivity contribution is 5.93. The molecule has 0 saturated heterocycles. The van der Waals surface area contributed by atoms with Gasteiger partial charge in [-0.1, -0.05) is 31.2 Å². The molecule has 1 fully saturated rings. The molecule has 24 heavy (non-hydrogen) atoms. The Balaban J connectivity index is 1.92. The summed E-state index contributed by atoms with van der Waals surface area (Å²) in [5.74, 6) is 0.555. The van der Waals surface area contributed by atoms with Gasteiger partial charge in [0.1, 0.15) is 5.78 Å². The van der Waals surface area contributed by atoms with Crippen LogP contribution in [0.5, 0.6) is 0 Å². The normalized spacial score (nSPS) is 20.0. The lowest BCUT2D eigenvalue weighted by molar-refractivity contribution is -0.128. The van der Waals surface area contributed by atoms with Gasteiger partial charge in [0.2, 0.25) is 0 Å². The van der Waals surface area contributed by atoms with Gasteiger partial charge in [-0.3, -0.25) is 4.79 Å². The van der Waals surface area contributed by atoms with E-state index >= 15 is 0 Å². The molecule has 1 saturated carbocycles. The van der Waals surface area contributed by atoms with Crippen LogP contribution in [0.4, 0.5) is 11.4 Å². The molecule has 122 valence electrons. The largest absolute Gasteiger partial charge is 0.301 e. The van der Waals surface area contributed by atoms with Crippen LogP contribution < -0.4 is 11.5 Å². The number of nitrogens with one attached hydrogen (secondary N) is 2. The monoisotopic (exact) mass is 318 g/mol. The van der Waals surface area contributed by atoms with E-state index in [2.05, 4.69) is 13.3 Å². The third kappa shape index (κ3) is 3.61. The highest BCUT2D eigenvalue weighted by atomic mass is 16.1. The molecule has 0 aromatic heterocycles. The molecule has 1 unspecified atom stereocenters. The van der Waals surface area contributed by atoms with Crippen molar-refractivity contribution in [2.75, 3.05) is 0 Å². The highest BCUT2D eigenvalue weighted by Gasteiger charge is 2.42. The van der Waals surface area contributed by atoms with Crippen LogP contribution in [0, 0.1) is 17.8 Å². The summed E-state index contributed by atoms with van der Waals surface area (Å²) in [4.78, 5) is 12.8. The van der Waals surface area contributed by atoms with E-state index in [-0.39, 0.29) is 5.78 Å². The summed E-state index contributed by atoms with van der Waals surface area (Å²) in [6.45, 7) is 2.17. The molecule has 3 rings (SSSR count). The molecule has 0 bridgehead atoms. The number of hydrogen-bond acceptors (Lipinski definition) is 1. The number of hydrogen-bond donors (Lipinski definition) is 0. The van der Waals surface area contributed by atoms with Gasteiger partial charge in [-0.15, -0.1) is 0 Å². The lowest BCUT2D eigenvalue weighted by atomic mass is 9.63. The van der Waals surface area contributed by atoms with Crippen LogP contribution in [-0.4, -0.2) is 5.78 Å². The van der Waals surface area contributed by atoms with Crippen LogP contribution >= 0.6 is 0 Å². The van der Waals surface area contributed by atoms with E-state index in [1.54, 1.807) is 24.3 Å². The minimum atomic E-state index is -0.468. The fraction of sp³-hybridized carbons (Fsp3) is 0.333. The van der Waals surface area contributed by atoms with Gasteiger partial charge in [-0.05, 0) is 67.0 Å². The van der Waals surface area contributed by atoms with Crippen molar-refractivity contribution in [3.05, 3.63) is 66.1 Å². The van der Waals surface area contributed by atoms with Crippen LogP contribution in [0.1, 0.15) is 30.9 Å². The first-order chi connectivity index (χ1) is 11.5. The Morgan fingerprint density at radius 1 is 0.958 bits per heavy atom. The second kappa shape index (κ2) is 6.68. The molecule has 1 atom stereocenters. The van der Waals surface area contributed by atoms with Crippen molar-refractivity contribution in [3.63, 3.8) is 0 Å². The van der Waals surface area contributed by atoms with Crippen molar-refractivity contribution in [3.8, 4) is 0 Å². The molecule has 0 aliphatic heterocycles. The van der Waals surface area contributed by atoms with E-state index in [1.165, 1.54) is 0 Å². The summed E-state index contributed by atoms with van der Waals surface area (Å²) in [6.07, 6.45) is 6.00. The molecule has 2 N–H and O–H groups in total. The number of carbonyl (C=O) groups is 1. The summed E-state index contributed by atoms with van der Waals surface area (Å²) in [6, 6.07) is 14.9. The molecule has 2 aromatic carbocycles. The van der Waals surface area contributed by atoms with Gasteiger partial charge in [-0.2, -0.15) is 0 Å². The molecule has 4 radical (unpaired) electrons. The third-order valence-corrected chi connectivity index (χ3v) is 4.82.